The molecule has 2 unspecified atom stereocenters. The summed E-state index contributed by atoms with van der Waals surface area (Å²) in [6, 6.07) is 18.9. The summed E-state index contributed by atoms with van der Waals surface area (Å²) in [6.45, 7) is 3.39. The van der Waals surface area contributed by atoms with Gasteiger partial charge in [0.25, 0.3) is 5.91 Å². The Morgan fingerprint density at radius 3 is 2.75 bits per heavy atom. The molecule has 3 aliphatic heterocycles. The van der Waals surface area contributed by atoms with Crippen LogP contribution in [0.2, 0.25) is 0 Å². The van der Waals surface area contributed by atoms with Gasteiger partial charge in [-0.15, -0.1) is 0 Å². The highest BCUT2D eigenvalue weighted by molar-refractivity contribution is 5.97. The van der Waals surface area contributed by atoms with Gasteiger partial charge in [-0.05, 0) is 66.3 Å². The van der Waals surface area contributed by atoms with Crippen LogP contribution >= 0.6 is 0 Å². The summed E-state index contributed by atoms with van der Waals surface area (Å²) in [5.41, 5.74) is 3.00. The molecule has 1 saturated heterocycles. The lowest BCUT2D eigenvalue weighted by molar-refractivity contribution is 0.0544. The average Bonchev–Trinajstić information content (AvgIpc) is 3.36. The zero-order chi connectivity index (χ0) is 24.5. The van der Waals surface area contributed by atoms with Crippen LogP contribution in [-0.2, 0) is 12.8 Å². The van der Waals surface area contributed by atoms with E-state index in [1.807, 2.05) is 17.0 Å². The summed E-state index contributed by atoms with van der Waals surface area (Å²) in [7, 11) is 0. The second kappa shape index (κ2) is 10.1. The van der Waals surface area contributed by atoms with Crippen LogP contribution < -0.4 is 9.47 Å². The van der Waals surface area contributed by atoms with Crippen molar-refractivity contribution in [1.82, 2.24) is 9.80 Å². The molecule has 0 saturated carbocycles. The fraction of sp³-hybridized carbons (Fsp3) is 0.433. The molecule has 6 heteroatoms. The molecule has 6 rings (SSSR count). The van der Waals surface area contributed by atoms with Crippen molar-refractivity contribution in [2.24, 2.45) is 0 Å². The summed E-state index contributed by atoms with van der Waals surface area (Å²) in [5, 5.41) is 13.5. The van der Waals surface area contributed by atoms with E-state index < -0.39 is 6.10 Å². The Labute approximate surface area is 212 Å². The summed E-state index contributed by atoms with van der Waals surface area (Å²) >= 11 is 0. The number of rotatable bonds is 7. The van der Waals surface area contributed by atoms with Gasteiger partial charge in [0.1, 0.15) is 0 Å². The van der Waals surface area contributed by atoms with E-state index in [-0.39, 0.29) is 12.7 Å². The van der Waals surface area contributed by atoms with Gasteiger partial charge in [-0.1, -0.05) is 48.9 Å². The molecule has 6 nitrogen and oxygen atoms in total. The van der Waals surface area contributed by atoms with Crippen molar-refractivity contribution in [2.75, 3.05) is 33.0 Å². The number of fused-ring (bicyclic) bond motifs is 3. The molecule has 1 N–H and O–H groups in total. The number of amides is 1. The van der Waals surface area contributed by atoms with Crippen LogP contribution in [0.4, 0.5) is 0 Å². The van der Waals surface area contributed by atoms with Crippen molar-refractivity contribution >= 4 is 16.7 Å². The van der Waals surface area contributed by atoms with E-state index in [0.717, 1.165) is 55.8 Å². The van der Waals surface area contributed by atoms with Gasteiger partial charge in [-0.25, -0.2) is 0 Å². The second-order valence-corrected chi connectivity index (χ2v) is 10.3. The molecule has 36 heavy (non-hydrogen) atoms. The van der Waals surface area contributed by atoms with Gasteiger partial charge in [-0.2, -0.15) is 0 Å². The number of carbonyl (C=O) groups is 1. The van der Waals surface area contributed by atoms with Crippen LogP contribution in [0.5, 0.6) is 11.5 Å². The van der Waals surface area contributed by atoms with Gasteiger partial charge in [0.15, 0.2) is 11.5 Å². The van der Waals surface area contributed by atoms with Crippen LogP contribution in [0.15, 0.2) is 54.6 Å². The zero-order valence-corrected chi connectivity index (χ0v) is 20.7. The quantitative estimate of drug-likeness (QED) is 0.536. The molecule has 0 radical (unpaired) electrons. The summed E-state index contributed by atoms with van der Waals surface area (Å²) in [6.07, 6.45) is 5.52. The predicted octanol–water partition coefficient (Wildman–Crippen LogP) is 4.42. The molecular weight excluding hydrogens is 452 g/mol. The lowest BCUT2D eigenvalue weighted by Crippen LogP contribution is -2.46. The summed E-state index contributed by atoms with van der Waals surface area (Å²) in [4.78, 5) is 17.7. The number of nitrogens with zero attached hydrogens (tertiary/aromatic N) is 2. The Kier molecular flexibility index (Phi) is 6.55. The molecule has 188 valence electrons. The molecule has 3 aromatic rings. The monoisotopic (exact) mass is 486 g/mol. The number of carbonyl (C=O) groups excluding carboxylic acids is 1. The molecule has 0 bridgehead atoms. The van der Waals surface area contributed by atoms with Crippen molar-refractivity contribution in [2.45, 2.75) is 50.7 Å². The molecule has 1 amide bonds. The van der Waals surface area contributed by atoms with E-state index in [1.54, 1.807) is 0 Å². The number of hydrogen-bond donors (Lipinski definition) is 1. The minimum atomic E-state index is -0.413. The number of ether oxygens (including phenoxy) is 2. The maximum Gasteiger partial charge on any atom is 0.254 e. The Morgan fingerprint density at radius 1 is 1.00 bits per heavy atom. The van der Waals surface area contributed by atoms with Gasteiger partial charge in [0, 0.05) is 37.7 Å². The van der Waals surface area contributed by atoms with E-state index in [0.29, 0.717) is 24.8 Å². The van der Waals surface area contributed by atoms with Crippen molar-refractivity contribution in [3.8, 4) is 11.5 Å². The van der Waals surface area contributed by atoms with E-state index in [4.69, 9.17) is 9.47 Å². The molecule has 2 atom stereocenters. The second-order valence-electron chi connectivity index (χ2n) is 10.3. The van der Waals surface area contributed by atoms with Gasteiger partial charge in [0.2, 0.25) is 6.79 Å². The van der Waals surface area contributed by atoms with Gasteiger partial charge >= 0.3 is 0 Å². The first kappa shape index (κ1) is 23.3. The maximum atomic E-state index is 13.2. The van der Waals surface area contributed by atoms with Gasteiger partial charge in [-0.3, -0.25) is 9.69 Å². The Hall–Kier alpha value is -3.09. The van der Waals surface area contributed by atoms with Crippen LogP contribution in [0.25, 0.3) is 10.8 Å². The fourth-order valence-electron chi connectivity index (χ4n) is 6.12. The zero-order valence-electron chi connectivity index (χ0n) is 20.7. The third kappa shape index (κ3) is 4.67. The molecule has 0 aromatic heterocycles. The first-order valence-corrected chi connectivity index (χ1v) is 13.3. The van der Waals surface area contributed by atoms with E-state index in [9.17, 15) is 9.90 Å². The molecule has 3 heterocycles. The third-order valence-corrected chi connectivity index (χ3v) is 8.03. The van der Waals surface area contributed by atoms with Crippen molar-refractivity contribution in [3.63, 3.8) is 0 Å². The van der Waals surface area contributed by atoms with Crippen LogP contribution in [0.3, 0.4) is 0 Å². The predicted molar refractivity (Wildman–Crippen MR) is 140 cm³/mol. The maximum absolute atomic E-state index is 13.2. The number of β-amino-alcohol motifs (C(OH)–C–C–N with tert-alkyl or cyclic N) is 1. The van der Waals surface area contributed by atoms with Crippen LogP contribution in [-0.4, -0.2) is 65.9 Å². The fourth-order valence-corrected chi connectivity index (χ4v) is 6.12. The standard InChI is InChI=1S/C30H34N2O4/c33-25(16-22-8-5-7-21-6-1-2-10-26(21)22)19-32-13-4-3-9-24(32)12-15-31-14-11-23-17-28-29(36-20-35-28)18-27(23)30(31)34/h1-2,5-8,10,17-18,24-25,33H,3-4,9,11-16,19-20H2. The molecular formula is C30H34N2O4. The smallest absolute Gasteiger partial charge is 0.254 e. The number of aliphatic hydroxyl groups excluding tert-OH is 1. The highest BCUT2D eigenvalue weighted by Crippen LogP contribution is 2.37. The minimum Gasteiger partial charge on any atom is -0.454 e. The topological polar surface area (TPSA) is 62.2 Å². The van der Waals surface area contributed by atoms with E-state index in [2.05, 4.69) is 47.4 Å². The average molecular weight is 487 g/mol. The van der Waals surface area contributed by atoms with Gasteiger partial charge in [0.05, 0.1) is 6.10 Å². The Bertz CT molecular complexity index is 1250. The van der Waals surface area contributed by atoms with E-state index >= 15 is 0 Å². The third-order valence-electron chi connectivity index (χ3n) is 8.03. The van der Waals surface area contributed by atoms with Crippen molar-refractivity contribution < 1.29 is 19.4 Å². The lowest BCUT2D eigenvalue weighted by atomic mass is 9.95. The Morgan fingerprint density at radius 2 is 1.83 bits per heavy atom. The number of aliphatic hydroxyl groups is 1. The Balaban J connectivity index is 1.08. The first-order chi connectivity index (χ1) is 17.7. The normalized spacial score (nSPS) is 20.5. The number of piperidine rings is 1. The highest BCUT2D eigenvalue weighted by Gasteiger charge is 2.30. The lowest BCUT2D eigenvalue weighted by Gasteiger charge is -2.38. The molecule has 0 aliphatic carbocycles. The number of hydrogen-bond acceptors (Lipinski definition) is 5. The van der Waals surface area contributed by atoms with Gasteiger partial charge < -0.3 is 19.5 Å². The molecule has 3 aromatic carbocycles. The highest BCUT2D eigenvalue weighted by atomic mass is 16.7. The number of likely N-dealkylation sites (tertiary alicyclic amines) is 1. The van der Waals surface area contributed by atoms with Crippen LogP contribution in [0, 0.1) is 0 Å². The summed E-state index contributed by atoms with van der Waals surface area (Å²) < 4.78 is 11.0. The number of benzene rings is 3. The molecule has 0 spiro atoms. The SMILES string of the molecule is O=C1c2cc3c(cc2CCN1CCC1CCCCN1CC(O)Cc1cccc2ccccc12)OCO3. The summed E-state index contributed by atoms with van der Waals surface area (Å²) in [5.74, 6) is 1.50. The minimum absolute atomic E-state index is 0.0906. The first-order valence-electron chi connectivity index (χ1n) is 13.3. The molecule has 3 aliphatic rings. The van der Waals surface area contributed by atoms with Crippen molar-refractivity contribution in [3.05, 3.63) is 71.3 Å². The largest absolute Gasteiger partial charge is 0.454 e. The van der Waals surface area contributed by atoms with Crippen molar-refractivity contribution in [1.29, 1.82) is 0 Å². The van der Waals surface area contributed by atoms with E-state index in [1.165, 1.54) is 29.2 Å². The van der Waals surface area contributed by atoms with Crippen LogP contribution in [0.1, 0.15) is 47.2 Å². The molecule has 1 fully saturated rings.